The number of rotatable bonds is 2. The zero-order chi connectivity index (χ0) is 10.1. The molecule has 14 heavy (non-hydrogen) atoms. The van der Waals surface area contributed by atoms with Gasteiger partial charge in [-0.1, -0.05) is 11.6 Å². The molecule has 0 aliphatic carbocycles. The molecule has 1 atom stereocenters. The fraction of sp³-hybridized carbons (Fsp3) is 0.700. The average Bonchev–Trinajstić information content (AvgIpc) is 2.73. The molecule has 0 saturated carbocycles. The summed E-state index contributed by atoms with van der Waals surface area (Å²) in [6.07, 6.45) is 2.52. The van der Waals surface area contributed by atoms with Crippen LogP contribution in [0.25, 0.3) is 0 Å². The first-order valence-electron chi connectivity index (χ1n) is 5.11. The van der Waals surface area contributed by atoms with E-state index in [9.17, 15) is 0 Å². The molecule has 2 rings (SSSR count). The van der Waals surface area contributed by atoms with E-state index >= 15 is 0 Å². The Morgan fingerprint density at radius 3 is 2.86 bits per heavy atom. The first-order chi connectivity index (χ1) is 6.68. The van der Waals surface area contributed by atoms with Crippen molar-refractivity contribution < 1.29 is 0 Å². The molecule has 1 aromatic heterocycles. The molecule has 0 spiro atoms. The summed E-state index contributed by atoms with van der Waals surface area (Å²) in [6, 6.07) is 0.573. The Hall–Kier alpha value is -0.540. The van der Waals surface area contributed by atoms with Crippen LogP contribution in [0, 0.1) is 13.8 Å². The van der Waals surface area contributed by atoms with Gasteiger partial charge in [-0.2, -0.15) is 5.10 Å². The van der Waals surface area contributed by atoms with E-state index in [0.29, 0.717) is 6.04 Å². The SMILES string of the molecule is Cc1nn(CC2CCCN2)c(C)c1Cl. The second kappa shape index (κ2) is 3.91. The Morgan fingerprint density at radius 1 is 1.57 bits per heavy atom. The van der Waals surface area contributed by atoms with E-state index in [1.165, 1.54) is 12.8 Å². The summed E-state index contributed by atoms with van der Waals surface area (Å²) in [6.45, 7) is 6.06. The summed E-state index contributed by atoms with van der Waals surface area (Å²) in [5.41, 5.74) is 2.01. The van der Waals surface area contributed by atoms with E-state index in [2.05, 4.69) is 10.4 Å². The maximum absolute atomic E-state index is 6.08. The van der Waals surface area contributed by atoms with E-state index in [0.717, 1.165) is 29.5 Å². The van der Waals surface area contributed by atoms with E-state index < -0.39 is 0 Å². The van der Waals surface area contributed by atoms with Crippen LogP contribution < -0.4 is 5.32 Å². The lowest BCUT2D eigenvalue weighted by Crippen LogP contribution is -2.27. The molecule has 3 nitrogen and oxygen atoms in total. The number of hydrogen-bond donors (Lipinski definition) is 1. The third-order valence-corrected chi connectivity index (χ3v) is 3.40. The summed E-state index contributed by atoms with van der Waals surface area (Å²) < 4.78 is 2.01. The minimum absolute atomic E-state index is 0.573. The molecule has 1 aliphatic rings. The van der Waals surface area contributed by atoms with E-state index in [4.69, 9.17) is 11.6 Å². The van der Waals surface area contributed by atoms with Crippen LogP contribution in [-0.2, 0) is 6.54 Å². The van der Waals surface area contributed by atoms with Gasteiger partial charge in [0.05, 0.1) is 23.0 Å². The summed E-state index contributed by atoms with van der Waals surface area (Å²) in [5, 5.41) is 8.68. The second-order valence-electron chi connectivity index (χ2n) is 3.96. The first-order valence-corrected chi connectivity index (χ1v) is 5.49. The van der Waals surface area contributed by atoms with Gasteiger partial charge in [0.25, 0.3) is 0 Å². The van der Waals surface area contributed by atoms with Crippen LogP contribution in [0.4, 0.5) is 0 Å². The molecule has 1 fully saturated rings. The molecule has 0 amide bonds. The fourth-order valence-electron chi connectivity index (χ4n) is 1.97. The highest BCUT2D eigenvalue weighted by atomic mass is 35.5. The van der Waals surface area contributed by atoms with Gasteiger partial charge in [0, 0.05) is 6.04 Å². The standard InChI is InChI=1S/C10H16ClN3/c1-7-10(11)8(2)14(13-7)6-9-4-3-5-12-9/h9,12H,3-6H2,1-2H3. The smallest absolute Gasteiger partial charge is 0.0844 e. The quantitative estimate of drug-likeness (QED) is 0.814. The molecule has 78 valence electrons. The Balaban J connectivity index is 2.12. The highest BCUT2D eigenvalue weighted by molar-refractivity contribution is 6.31. The zero-order valence-corrected chi connectivity index (χ0v) is 9.43. The molecule has 1 aromatic rings. The molecule has 1 saturated heterocycles. The topological polar surface area (TPSA) is 29.9 Å². The molecular weight excluding hydrogens is 198 g/mol. The first kappa shape index (κ1) is 9.99. The summed E-state index contributed by atoms with van der Waals surface area (Å²) in [7, 11) is 0. The van der Waals surface area contributed by atoms with Crippen LogP contribution in [0.3, 0.4) is 0 Å². The molecule has 0 radical (unpaired) electrons. The van der Waals surface area contributed by atoms with Crippen LogP contribution in [0.5, 0.6) is 0 Å². The van der Waals surface area contributed by atoms with Crippen LogP contribution in [0.2, 0.25) is 5.02 Å². The third kappa shape index (κ3) is 1.79. The fourth-order valence-corrected chi connectivity index (χ4v) is 2.11. The lowest BCUT2D eigenvalue weighted by atomic mass is 10.2. The largest absolute Gasteiger partial charge is 0.312 e. The van der Waals surface area contributed by atoms with Crippen molar-refractivity contribution in [3.05, 3.63) is 16.4 Å². The summed E-state index contributed by atoms with van der Waals surface area (Å²) >= 11 is 6.08. The zero-order valence-electron chi connectivity index (χ0n) is 8.68. The van der Waals surface area contributed by atoms with Crippen molar-refractivity contribution in [3.63, 3.8) is 0 Å². The van der Waals surface area contributed by atoms with Gasteiger partial charge in [0.1, 0.15) is 0 Å². The van der Waals surface area contributed by atoms with E-state index in [-0.39, 0.29) is 0 Å². The molecule has 1 unspecified atom stereocenters. The minimum Gasteiger partial charge on any atom is -0.312 e. The van der Waals surface area contributed by atoms with Crippen molar-refractivity contribution in [1.29, 1.82) is 0 Å². The third-order valence-electron chi connectivity index (χ3n) is 2.85. The van der Waals surface area contributed by atoms with Crippen molar-refractivity contribution in [3.8, 4) is 0 Å². The molecule has 1 N–H and O–H groups in total. The number of nitrogens with one attached hydrogen (secondary N) is 1. The number of aromatic nitrogens is 2. The molecule has 0 aromatic carbocycles. The van der Waals surface area contributed by atoms with Gasteiger partial charge in [-0.05, 0) is 33.2 Å². The maximum atomic E-state index is 6.08. The Bertz CT molecular complexity index is 326. The highest BCUT2D eigenvalue weighted by Crippen LogP contribution is 2.20. The lowest BCUT2D eigenvalue weighted by Gasteiger charge is -2.11. The van der Waals surface area contributed by atoms with Gasteiger partial charge in [-0.15, -0.1) is 0 Å². The van der Waals surface area contributed by atoms with Gasteiger partial charge < -0.3 is 5.32 Å². The van der Waals surface area contributed by atoms with Crippen molar-refractivity contribution in [2.75, 3.05) is 6.54 Å². The molecule has 2 heterocycles. The normalized spacial score (nSPS) is 21.8. The van der Waals surface area contributed by atoms with Crippen molar-refractivity contribution in [1.82, 2.24) is 15.1 Å². The van der Waals surface area contributed by atoms with Crippen LogP contribution in [0.1, 0.15) is 24.2 Å². The van der Waals surface area contributed by atoms with Gasteiger partial charge in [0.2, 0.25) is 0 Å². The summed E-state index contributed by atoms with van der Waals surface area (Å²) in [5.74, 6) is 0. The predicted octanol–water partition coefficient (Wildman–Crippen LogP) is 1.91. The van der Waals surface area contributed by atoms with Gasteiger partial charge >= 0.3 is 0 Å². The Morgan fingerprint density at radius 2 is 2.36 bits per heavy atom. The number of hydrogen-bond acceptors (Lipinski definition) is 2. The van der Waals surface area contributed by atoms with Crippen LogP contribution in [0.15, 0.2) is 0 Å². The Labute approximate surface area is 89.4 Å². The van der Waals surface area contributed by atoms with Gasteiger partial charge in [-0.25, -0.2) is 0 Å². The predicted molar refractivity (Wildman–Crippen MR) is 57.7 cm³/mol. The molecule has 1 aliphatic heterocycles. The monoisotopic (exact) mass is 213 g/mol. The maximum Gasteiger partial charge on any atom is 0.0844 e. The van der Waals surface area contributed by atoms with Gasteiger partial charge in [-0.3, -0.25) is 4.68 Å². The number of nitrogens with zero attached hydrogens (tertiary/aromatic N) is 2. The number of aryl methyl sites for hydroxylation is 1. The van der Waals surface area contributed by atoms with Crippen molar-refractivity contribution in [2.45, 2.75) is 39.3 Å². The average molecular weight is 214 g/mol. The van der Waals surface area contributed by atoms with Crippen molar-refractivity contribution in [2.24, 2.45) is 0 Å². The van der Waals surface area contributed by atoms with Crippen molar-refractivity contribution >= 4 is 11.6 Å². The molecular formula is C10H16ClN3. The summed E-state index contributed by atoms with van der Waals surface area (Å²) in [4.78, 5) is 0. The minimum atomic E-state index is 0.573. The van der Waals surface area contributed by atoms with Crippen LogP contribution >= 0.6 is 11.6 Å². The second-order valence-corrected chi connectivity index (χ2v) is 4.34. The Kier molecular flexibility index (Phi) is 2.79. The van der Waals surface area contributed by atoms with Gasteiger partial charge in [0.15, 0.2) is 0 Å². The molecule has 4 heteroatoms. The molecule has 0 bridgehead atoms. The van der Waals surface area contributed by atoms with Crippen LogP contribution in [-0.4, -0.2) is 22.4 Å². The lowest BCUT2D eigenvalue weighted by molar-refractivity contribution is 0.467. The van der Waals surface area contributed by atoms with E-state index in [1.54, 1.807) is 0 Å². The number of halogens is 1. The highest BCUT2D eigenvalue weighted by Gasteiger charge is 2.17. The van der Waals surface area contributed by atoms with E-state index in [1.807, 2.05) is 18.5 Å².